The Morgan fingerprint density at radius 1 is 1.43 bits per heavy atom. The molecule has 0 amide bonds. The minimum atomic E-state index is -0.257. The van der Waals surface area contributed by atoms with Gasteiger partial charge >= 0.3 is 0 Å². The molecule has 0 bridgehead atoms. The normalized spacial score (nSPS) is 11.5. The first kappa shape index (κ1) is 11.5. The summed E-state index contributed by atoms with van der Waals surface area (Å²) in [5, 5.41) is 9.27. The van der Waals surface area contributed by atoms with Crippen LogP contribution in [0.25, 0.3) is 0 Å². The minimum absolute atomic E-state index is 0.110. The molecule has 0 aliphatic carbocycles. The minimum Gasteiger partial charge on any atom is -0.497 e. The summed E-state index contributed by atoms with van der Waals surface area (Å²) in [5.41, 5.74) is 0.798. The van der Waals surface area contributed by atoms with Crippen molar-refractivity contribution in [2.45, 2.75) is 19.3 Å². The second-order valence-electron chi connectivity index (χ2n) is 3.89. The van der Waals surface area contributed by atoms with Gasteiger partial charge in [0.15, 0.2) is 0 Å². The van der Waals surface area contributed by atoms with Gasteiger partial charge < -0.3 is 9.84 Å². The molecule has 0 radical (unpaired) electrons. The third kappa shape index (κ3) is 2.28. The molecule has 1 aromatic carbocycles. The highest BCUT2D eigenvalue weighted by Crippen LogP contribution is 2.32. The monoisotopic (exact) mass is 258 g/mol. The van der Waals surface area contributed by atoms with E-state index in [0.29, 0.717) is 0 Å². The highest BCUT2D eigenvalue weighted by molar-refractivity contribution is 9.10. The third-order valence-corrected chi connectivity index (χ3v) is 2.99. The zero-order valence-electron chi connectivity index (χ0n) is 8.67. The fraction of sp³-hybridized carbons (Fsp3) is 0.455. The van der Waals surface area contributed by atoms with Crippen molar-refractivity contribution in [3.8, 4) is 5.75 Å². The number of halogens is 1. The molecule has 1 aromatic rings. The van der Waals surface area contributed by atoms with Crippen molar-refractivity contribution in [3.63, 3.8) is 0 Å². The lowest BCUT2D eigenvalue weighted by Gasteiger charge is -2.24. The molecular formula is C11H15BrO2. The summed E-state index contributed by atoms with van der Waals surface area (Å²) in [6.07, 6.45) is 0. The molecule has 0 heterocycles. The smallest absolute Gasteiger partial charge is 0.119 e. The zero-order chi connectivity index (χ0) is 10.8. The molecule has 1 N–H and O–H groups in total. The molecule has 78 valence electrons. The molecule has 0 unspecified atom stereocenters. The Hall–Kier alpha value is -0.540. The van der Waals surface area contributed by atoms with Gasteiger partial charge in [-0.1, -0.05) is 29.8 Å². The van der Waals surface area contributed by atoms with Crippen molar-refractivity contribution >= 4 is 15.9 Å². The van der Waals surface area contributed by atoms with E-state index < -0.39 is 0 Å². The number of ether oxygens (including phenoxy) is 1. The summed E-state index contributed by atoms with van der Waals surface area (Å²) >= 11 is 3.47. The number of rotatable bonds is 3. The summed E-state index contributed by atoms with van der Waals surface area (Å²) in [5.74, 6) is 0.810. The molecular weight excluding hydrogens is 244 g/mol. The summed E-state index contributed by atoms with van der Waals surface area (Å²) in [6.45, 7) is 4.10. The number of benzene rings is 1. The summed E-state index contributed by atoms with van der Waals surface area (Å²) in [4.78, 5) is 0. The number of aliphatic hydroxyl groups excluding tert-OH is 1. The first-order valence-corrected chi connectivity index (χ1v) is 5.25. The molecule has 1 rings (SSSR count). The SMILES string of the molecule is COc1ccc(Br)c(C(C)(C)CO)c1. The number of hydrogen-bond acceptors (Lipinski definition) is 2. The molecule has 2 nitrogen and oxygen atoms in total. The van der Waals surface area contributed by atoms with Crippen molar-refractivity contribution in [3.05, 3.63) is 28.2 Å². The summed E-state index contributed by atoms with van der Waals surface area (Å²) in [7, 11) is 1.64. The van der Waals surface area contributed by atoms with E-state index in [0.717, 1.165) is 15.8 Å². The molecule has 0 atom stereocenters. The van der Waals surface area contributed by atoms with Gasteiger partial charge in [0, 0.05) is 9.89 Å². The van der Waals surface area contributed by atoms with E-state index in [2.05, 4.69) is 15.9 Å². The van der Waals surface area contributed by atoms with Gasteiger partial charge in [-0.25, -0.2) is 0 Å². The molecule has 0 aliphatic rings. The van der Waals surface area contributed by atoms with Gasteiger partial charge in [-0.15, -0.1) is 0 Å². The second-order valence-corrected chi connectivity index (χ2v) is 4.74. The predicted molar refractivity (Wildman–Crippen MR) is 60.8 cm³/mol. The van der Waals surface area contributed by atoms with Gasteiger partial charge in [0.25, 0.3) is 0 Å². The van der Waals surface area contributed by atoms with Crippen molar-refractivity contribution in [2.75, 3.05) is 13.7 Å². The highest BCUT2D eigenvalue weighted by Gasteiger charge is 2.22. The Bertz CT molecular complexity index is 321. The van der Waals surface area contributed by atoms with Crippen LogP contribution >= 0.6 is 15.9 Å². The Kier molecular flexibility index (Phi) is 3.56. The Morgan fingerprint density at radius 3 is 2.57 bits per heavy atom. The van der Waals surface area contributed by atoms with Crippen molar-refractivity contribution in [1.29, 1.82) is 0 Å². The van der Waals surface area contributed by atoms with Crippen LogP contribution in [0, 0.1) is 0 Å². The lowest BCUT2D eigenvalue weighted by atomic mass is 9.85. The van der Waals surface area contributed by atoms with Crippen LogP contribution in [0.3, 0.4) is 0 Å². The van der Waals surface area contributed by atoms with Crippen molar-refractivity contribution in [1.82, 2.24) is 0 Å². The lowest BCUT2D eigenvalue weighted by molar-refractivity contribution is 0.217. The molecule has 0 saturated carbocycles. The van der Waals surface area contributed by atoms with Crippen molar-refractivity contribution < 1.29 is 9.84 Å². The maximum atomic E-state index is 9.27. The largest absolute Gasteiger partial charge is 0.497 e. The first-order valence-electron chi connectivity index (χ1n) is 4.46. The standard InChI is InChI=1S/C11H15BrO2/c1-11(2,7-13)9-6-8(14-3)4-5-10(9)12/h4-6,13H,7H2,1-3H3. The topological polar surface area (TPSA) is 29.5 Å². The maximum Gasteiger partial charge on any atom is 0.119 e. The molecule has 0 saturated heterocycles. The Morgan fingerprint density at radius 2 is 2.07 bits per heavy atom. The summed E-state index contributed by atoms with van der Waals surface area (Å²) < 4.78 is 6.14. The molecule has 0 aliphatic heterocycles. The average Bonchev–Trinajstić information content (AvgIpc) is 2.18. The van der Waals surface area contributed by atoms with Crippen LogP contribution in [0.5, 0.6) is 5.75 Å². The van der Waals surface area contributed by atoms with Crippen LogP contribution < -0.4 is 4.74 Å². The number of methoxy groups -OCH3 is 1. The Labute approximate surface area is 93.0 Å². The highest BCUT2D eigenvalue weighted by atomic mass is 79.9. The second kappa shape index (κ2) is 4.32. The lowest BCUT2D eigenvalue weighted by Crippen LogP contribution is -2.22. The maximum absolute atomic E-state index is 9.27. The fourth-order valence-corrected chi connectivity index (χ4v) is 2.02. The van der Waals surface area contributed by atoms with Crippen LogP contribution in [0.2, 0.25) is 0 Å². The van der Waals surface area contributed by atoms with Crippen LogP contribution in [-0.2, 0) is 5.41 Å². The zero-order valence-corrected chi connectivity index (χ0v) is 10.3. The van der Waals surface area contributed by atoms with Crippen LogP contribution in [0.1, 0.15) is 19.4 Å². The van der Waals surface area contributed by atoms with Gasteiger partial charge in [-0.3, -0.25) is 0 Å². The molecule has 0 fully saturated rings. The van der Waals surface area contributed by atoms with E-state index in [4.69, 9.17) is 4.74 Å². The van der Waals surface area contributed by atoms with E-state index in [1.807, 2.05) is 32.0 Å². The van der Waals surface area contributed by atoms with Crippen LogP contribution in [0.15, 0.2) is 22.7 Å². The number of hydrogen-bond donors (Lipinski definition) is 1. The van der Waals surface area contributed by atoms with Gasteiger partial charge in [0.05, 0.1) is 13.7 Å². The Balaban J connectivity index is 3.18. The van der Waals surface area contributed by atoms with Crippen LogP contribution in [0.4, 0.5) is 0 Å². The van der Waals surface area contributed by atoms with Gasteiger partial charge in [0.2, 0.25) is 0 Å². The molecule has 0 aromatic heterocycles. The quantitative estimate of drug-likeness (QED) is 0.904. The van der Waals surface area contributed by atoms with Crippen LogP contribution in [-0.4, -0.2) is 18.8 Å². The van der Waals surface area contributed by atoms with E-state index in [1.165, 1.54) is 0 Å². The van der Waals surface area contributed by atoms with E-state index in [1.54, 1.807) is 7.11 Å². The number of aliphatic hydroxyl groups is 1. The van der Waals surface area contributed by atoms with E-state index in [-0.39, 0.29) is 12.0 Å². The average molecular weight is 259 g/mol. The first-order chi connectivity index (χ1) is 6.51. The molecule has 3 heteroatoms. The van der Waals surface area contributed by atoms with Gasteiger partial charge in [-0.05, 0) is 23.8 Å². The van der Waals surface area contributed by atoms with Gasteiger partial charge in [0.1, 0.15) is 5.75 Å². The molecule has 14 heavy (non-hydrogen) atoms. The van der Waals surface area contributed by atoms with Crippen molar-refractivity contribution in [2.24, 2.45) is 0 Å². The molecule has 0 spiro atoms. The summed E-state index contributed by atoms with van der Waals surface area (Å²) in [6, 6.07) is 5.77. The van der Waals surface area contributed by atoms with E-state index in [9.17, 15) is 5.11 Å². The van der Waals surface area contributed by atoms with E-state index >= 15 is 0 Å². The van der Waals surface area contributed by atoms with Gasteiger partial charge in [-0.2, -0.15) is 0 Å². The third-order valence-electron chi connectivity index (χ3n) is 2.30. The fourth-order valence-electron chi connectivity index (χ4n) is 1.24. The predicted octanol–water partition coefficient (Wildman–Crippen LogP) is 2.73.